The van der Waals surface area contributed by atoms with E-state index in [1.165, 1.54) is 0 Å². The number of nitrogens with one attached hydrogen (secondary N) is 1. The normalized spacial score (nSPS) is 12.5. The van der Waals surface area contributed by atoms with Crippen molar-refractivity contribution >= 4 is 17.5 Å². The molecule has 1 aromatic heterocycles. The molecule has 5 heteroatoms. The monoisotopic (exact) mass is 256 g/mol. The molecular formula is C12H17ClN2O2. The maximum absolute atomic E-state index is 11.6. The zero-order chi connectivity index (χ0) is 12.8. The van der Waals surface area contributed by atoms with E-state index in [1.54, 1.807) is 18.2 Å². The van der Waals surface area contributed by atoms with Crippen molar-refractivity contribution in [2.45, 2.75) is 26.4 Å². The Hall–Kier alpha value is -1.13. The van der Waals surface area contributed by atoms with E-state index in [0.717, 1.165) is 0 Å². The van der Waals surface area contributed by atoms with Crippen molar-refractivity contribution in [2.75, 3.05) is 6.54 Å². The van der Waals surface area contributed by atoms with Crippen LogP contribution in [0.4, 0.5) is 0 Å². The number of rotatable bonds is 5. The van der Waals surface area contributed by atoms with Gasteiger partial charge in [0.25, 0.3) is 5.91 Å². The summed E-state index contributed by atoms with van der Waals surface area (Å²) in [4.78, 5) is 15.5. The van der Waals surface area contributed by atoms with E-state index in [-0.39, 0.29) is 23.3 Å². The molecule has 0 aliphatic heterocycles. The Morgan fingerprint density at radius 1 is 1.53 bits per heavy atom. The van der Waals surface area contributed by atoms with Gasteiger partial charge in [-0.2, -0.15) is 0 Å². The summed E-state index contributed by atoms with van der Waals surface area (Å²) in [5, 5.41) is 12.5. The van der Waals surface area contributed by atoms with Gasteiger partial charge in [0.05, 0.1) is 6.10 Å². The molecule has 4 nitrogen and oxygen atoms in total. The smallest absolute Gasteiger partial charge is 0.270 e. The quantitative estimate of drug-likeness (QED) is 0.791. The average molecular weight is 257 g/mol. The summed E-state index contributed by atoms with van der Waals surface area (Å²) >= 11 is 5.68. The fourth-order valence-corrected chi connectivity index (χ4v) is 1.63. The Morgan fingerprint density at radius 2 is 2.24 bits per heavy atom. The van der Waals surface area contributed by atoms with Crippen LogP contribution in [-0.2, 0) is 0 Å². The highest BCUT2D eigenvalue weighted by atomic mass is 35.5. The average Bonchev–Trinajstić information content (AvgIpc) is 2.25. The number of carbonyl (C=O) groups is 1. The van der Waals surface area contributed by atoms with Crippen LogP contribution in [0.1, 0.15) is 30.8 Å². The van der Waals surface area contributed by atoms with Gasteiger partial charge in [0.15, 0.2) is 0 Å². The van der Waals surface area contributed by atoms with Crippen LogP contribution in [0.15, 0.2) is 18.2 Å². The summed E-state index contributed by atoms with van der Waals surface area (Å²) in [6, 6.07) is 4.84. The summed E-state index contributed by atoms with van der Waals surface area (Å²) in [5.41, 5.74) is 0.259. The first-order chi connectivity index (χ1) is 7.99. The molecule has 1 amide bonds. The van der Waals surface area contributed by atoms with Crippen molar-refractivity contribution in [3.8, 4) is 0 Å². The summed E-state index contributed by atoms with van der Waals surface area (Å²) in [6.45, 7) is 4.26. The minimum absolute atomic E-state index is 0.227. The van der Waals surface area contributed by atoms with Gasteiger partial charge in [-0.05, 0) is 24.5 Å². The molecule has 94 valence electrons. The molecule has 0 saturated heterocycles. The first-order valence-corrected chi connectivity index (χ1v) is 5.95. The summed E-state index contributed by atoms with van der Waals surface area (Å²) in [6.07, 6.45) is 0.127. The molecule has 1 atom stereocenters. The van der Waals surface area contributed by atoms with Crippen molar-refractivity contribution in [2.24, 2.45) is 5.92 Å². The first-order valence-electron chi connectivity index (χ1n) is 5.58. The predicted molar refractivity (Wildman–Crippen MR) is 67.0 cm³/mol. The number of hydrogen-bond acceptors (Lipinski definition) is 3. The Morgan fingerprint density at radius 3 is 2.82 bits per heavy atom. The molecule has 17 heavy (non-hydrogen) atoms. The third kappa shape index (κ3) is 5.15. The molecule has 2 N–H and O–H groups in total. The SMILES string of the molecule is CC(C)CC(O)CNC(=O)c1cccc(Cl)n1. The third-order valence-electron chi connectivity index (χ3n) is 2.19. The van der Waals surface area contributed by atoms with Crippen LogP contribution in [0.2, 0.25) is 5.15 Å². The first kappa shape index (κ1) is 13.9. The molecule has 0 fully saturated rings. The highest BCUT2D eigenvalue weighted by molar-refractivity contribution is 6.29. The highest BCUT2D eigenvalue weighted by Crippen LogP contribution is 2.06. The molecule has 0 bridgehead atoms. The van der Waals surface area contributed by atoms with Gasteiger partial charge >= 0.3 is 0 Å². The molecule has 1 aromatic rings. The van der Waals surface area contributed by atoms with Crippen LogP contribution >= 0.6 is 11.6 Å². The number of aromatic nitrogens is 1. The van der Waals surface area contributed by atoms with E-state index in [9.17, 15) is 9.90 Å². The van der Waals surface area contributed by atoms with Crippen LogP contribution in [0.5, 0.6) is 0 Å². The third-order valence-corrected chi connectivity index (χ3v) is 2.40. The van der Waals surface area contributed by atoms with E-state index >= 15 is 0 Å². The maximum atomic E-state index is 11.6. The van der Waals surface area contributed by atoms with Crippen LogP contribution < -0.4 is 5.32 Å². The number of aliphatic hydroxyl groups is 1. The Balaban J connectivity index is 2.45. The van der Waals surface area contributed by atoms with Gasteiger partial charge in [0.1, 0.15) is 10.8 Å². The number of nitrogens with zero attached hydrogens (tertiary/aromatic N) is 1. The molecule has 1 heterocycles. The Labute approximate surface area is 106 Å². The van der Waals surface area contributed by atoms with Gasteiger partial charge in [-0.3, -0.25) is 4.79 Å². The molecule has 1 rings (SSSR count). The van der Waals surface area contributed by atoms with Crippen LogP contribution in [0, 0.1) is 5.92 Å². The summed E-state index contributed by atoms with van der Waals surface area (Å²) < 4.78 is 0. The van der Waals surface area contributed by atoms with Crippen LogP contribution in [0.25, 0.3) is 0 Å². The van der Waals surface area contributed by atoms with E-state index in [4.69, 9.17) is 11.6 Å². The Bertz CT molecular complexity index is 383. The highest BCUT2D eigenvalue weighted by Gasteiger charge is 2.11. The molecule has 0 spiro atoms. The second-order valence-corrected chi connectivity index (χ2v) is 4.73. The van der Waals surface area contributed by atoms with Gasteiger partial charge in [-0.15, -0.1) is 0 Å². The largest absolute Gasteiger partial charge is 0.391 e. The summed E-state index contributed by atoms with van der Waals surface area (Å²) in [5.74, 6) is 0.0708. The van der Waals surface area contributed by atoms with Gasteiger partial charge < -0.3 is 10.4 Å². The van der Waals surface area contributed by atoms with Crippen molar-refractivity contribution in [3.63, 3.8) is 0 Å². The molecule has 0 aliphatic rings. The number of pyridine rings is 1. The summed E-state index contributed by atoms with van der Waals surface area (Å²) in [7, 11) is 0. The second kappa shape index (κ2) is 6.57. The number of hydrogen-bond donors (Lipinski definition) is 2. The van der Waals surface area contributed by atoms with Crippen LogP contribution in [-0.4, -0.2) is 28.6 Å². The van der Waals surface area contributed by atoms with Crippen molar-refractivity contribution in [1.29, 1.82) is 0 Å². The van der Waals surface area contributed by atoms with Gasteiger partial charge in [-0.1, -0.05) is 31.5 Å². The van der Waals surface area contributed by atoms with Crippen LogP contribution in [0.3, 0.4) is 0 Å². The molecular weight excluding hydrogens is 240 g/mol. The fraction of sp³-hybridized carbons (Fsp3) is 0.500. The number of halogens is 1. The maximum Gasteiger partial charge on any atom is 0.270 e. The molecule has 0 aromatic carbocycles. The zero-order valence-corrected chi connectivity index (χ0v) is 10.7. The molecule has 0 radical (unpaired) electrons. The standard InChI is InChI=1S/C12H17ClN2O2/c1-8(2)6-9(16)7-14-12(17)10-4-3-5-11(13)15-10/h3-5,8-9,16H,6-7H2,1-2H3,(H,14,17). The van der Waals surface area contributed by atoms with E-state index in [0.29, 0.717) is 12.3 Å². The van der Waals surface area contributed by atoms with E-state index < -0.39 is 6.10 Å². The lowest BCUT2D eigenvalue weighted by molar-refractivity contribution is 0.0895. The number of aliphatic hydroxyl groups excluding tert-OH is 1. The zero-order valence-electron chi connectivity index (χ0n) is 9.98. The van der Waals surface area contributed by atoms with Crippen molar-refractivity contribution in [3.05, 3.63) is 29.0 Å². The topological polar surface area (TPSA) is 62.2 Å². The second-order valence-electron chi connectivity index (χ2n) is 4.34. The minimum Gasteiger partial charge on any atom is -0.391 e. The molecule has 1 unspecified atom stereocenters. The lowest BCUT2D eigenvalue weighted by atomic mass is 10.1. The lowest BCUT2D eigenvalue weighted by Gasteiger charge is -2.13. The van der Waals surface area contributed by atoms with Crippen molar-refractivity contribution in [1.82, 2.24) is 10.3 Å². The van der Waals surface area contributed by atoms with Crippen molar-refractivity contribution < 1.29 is 9.90 Å². The van der Waals surface area contributed by atoms with E-state index in [2.05, 4.69) is 10.3 Å². The van der Waals surface area contributed by atoms with E-state index in [1.807, 2.05) is 13.8 Å². The number of amides is 1. The fourth-order valence-electron chi connectivity index (χ4n) is 1.46. The lowest BCUT2D eigenvalue weighted by Crippen LogP contribution is -2.33. The molecule has 0 aliphatic carbocycles. The predicted octanol–water partition coefficient (Wildman–Crippen LogP) is 1.87. The minimum atomic E-state index is -0.530. The van der Waals surface area contributed by atoms with Gasteiger partial charge in [-0.25, -0.2) is 4.98 Å². The Kier molecular flexibility index (Phi) is 5.38. The van der Waals surface area contributed by atoms with Gasteiger partial charge in [0, 0.05) is 6.54 Å². The number of carbonyl (C=O) groups excluding carboxylic acids is 1. The molecule has 0 saturated carbocycles. The van der Waals surface area contributed by atoms with Gasteiger partial charge in [0.2, 0.25) is 0 Å².